The quantitative estimate of drug-likeness (QED) is 0.751. The molecule has 0 saturated carbocycles. The largest absolute Gasteiger partial charge is 0.399 e. The molecule has 0 spiro atoms. The van der Waals surface area contributed by atoms with Gasteiger partial charge in [0.25, 0.3) is 0 Å². The maximum absolute atomic E-state index is 6.20. The van der Waals surface area contributed by atoms with Crippen LogP contribution in [0, 0.1) is 0 Å². The topological polar surface area (TPSA) is 69.6 Å². The molecule has 20 heavy (non-hydrogen) atoms. The summed E-state index contributed by atoms with van der Waals surface area (Å²) in [6.45, 7) is 0.578. The van der Waals surface area contributed by atoms with Crippen LogP contribution >= 0.6 is 11.6 Å². The van der Waals surface area contributed by atoms with Crippen LogP contribution in [0.2, 0.25) is 5.02 Å². The number of nitrogens with two attached hydrogens (primary N) is 1. The summed E-state index contributed by atoms with van der Waals surface area (Å²) >= 11 is 6.20. The van der Waals surface area contributed by atoms with E-state index >= 15 is 0 Å². The van der Waals surface area contributed by atoms with Crippen molar-refractivity contribution < 1.29 is 0 Å². The minimum absolute atomic E-state index is 0.573. The molecule has 1 heterocycles. The molecular formula is C14H12ClN5. The summed E-state index contributed by atoms with van der Waals surface area (Å²) in [7, 11) is 0. The fraction of sp³-hybridized carbons (Fsp3) is 0.0714. The molecule has 0 aliphatic rings. The Bertz CT molecular complexity index is 723. The van der Waals surface area contributed by atoms with Gasteiger partial charge in [0.15, 0.2) is 5.82 Å². The first-order valence-electron chi connectivity index (χ1n) is 6.09. The van der Waals surface area contributed by atoms with Crippen molar-refractivity contribution in [3.05, 3.63) is 59.1 Å². The van der Waals surface area contributed by atoms with Gasteiger partial charge in [0.2, 0.25) is 0 Å². The second-order valence-corrected chi connectivity index (χ2v) is 4.79. The lowest BCUT2D eigenvalue weighted by Crippen LogP contribution is -2.04. The van der Waals surface area contributed by atoms with E-state index in [1.807, 2.05) is 30.3 Å². The zero-order valence-electron chi connectivity index (χ0n) is 10.6. The molecule has 0 fully saturated rings. The van der Waals surface area contributed by atoms with E-state index < -0.39 is 0 Å². The maximum Gasteiger partial charge on any atom is 0.183 e. The van der Waals surface area contributed by atoms with Crippen LogP contribution in [0.4, 0.5) is 5.69 Å². The molecule has 100 valence electrons. The molecule has 2 N–H and O–H groups in total. The van der Waals surface area contributed by atoms with Crippen molar-refractivity contribution in [1.82, 2.24) is 20.2 Å². The van der Waals surface area contributed by atoms with Crippen molar-refractivity contribution in [2.24, 2.45) is 0 Å². The predicted octanol–water partition coefficient (Wildman–Crippen LogP) is 2.62. The van der Waals surface area contributed by atoms with E-state index in [4.69, 9.17) is 17.3 Å². The minimum atomic E-state index is 0.573. The van der Waals surface area contributed by atoms with Gasteiger partial charge in [-0.3, -0.25) is 0 Å². The predicted molar refractivity (Wildman–Crippen MR) is 78.2 cm³/mol. The maximum atomic E-state index is 6.20. The zero-order chi connectivity index (χ0) is 13.9. The van der Waals surface area contributed by atoms with Gasteiger partial charge in [-0.2, -0.15) is 0 Å². The van der Waals surface area contributed by atoms with Gasteiger partial charge in [0.05, 0.1) is 11.6 Å². The number of benzene rings is 2. The molecule has 3 aromatic rings. The summed E-state index contributed by atoms with van der Waals surface area (Å²) in [5.41, 5.74) is 8.26. The first-order valence-corrected chi connectivity index (χ1v) is 6.47. The highest BCUT2D eigenvalue weighted by Gasteiger charge is 2.13. The van der Waals surface area contributed by atoms with E-state index in [0.717, 1.165) is 11.1 Å². The van der Waals surface area contributed by atoms with Crippen LogP contribution in [-0.4, -0.2) is 20.2 Å². The fourth-order valence-corrected chi connectivity index (χ4v) is 2.18. The van der Waals surface area contributed by atoms with Gasteiger partial charge in [-0.1, -0.05) is 41.9 Å². The van der Waals surface area contributed by atoms with E-state index in [1.165, 1.54) is 0 Å². The number of tetrazole rings is 1. The Morgan fingerprint density at radius 1 is 1.10 bits per heavy atom. The summed E-state index contributed by atoms with van der Waals surface area (Å²) in [4.78, 5) is 0. The second kappa shape index (κ2) is 5.30. The Labute approximate surface area is 121 Å². The molecule has 6 heteroatoms. The second-order valence-electron chi connectivity index (χ2n) is 4.39. The average molecular weight is 286 g/mol. The highest BCUT2D eigenvalue weighted by Crippen LogP contribution is 2.28. The number of halogens is 1. The Hall–Kier alpha value is -2.40. The third-order valence-corrected chi connectivity index (χ3v) is 3.27. The van der Waals surface area contributed by atoms with Crippen LogP contribution in [0.3, 0.4) is 0 Å². The van der Waals surface area contributed by atoms with Crippen molar-refractivity contribution in [3.8, 4) is 11.4 Å². The number of hydrogen-bond donors (Lipinski definition) is 1. The lowest BCUT2D eigenvalue weighted by molar-refractivity contribution is 0.653. The summed E-state index contributed by atoms with van der Waals surface area (Å²) in [6, 6.07) is 15.2. The summed E-state index contributed by atoms with van der Waals surface area (Å²) < 4.78 is 1.70. The van der Waals surface area contributed by atoms with Crippen molar-refractivity contribution in [2.45, 2.75) is 6.54 Å². The molecule has 0 radical (unpaired) electrons. The van der Waals surface area contributed by atoms with E-state index in [-0.39, 0.29) is 0 Å². The van der Waals surface area contributed by atoms with Crippen molar-refractivity contribution >= 4 is 17.3 Å². The van der Waals surface area contributed by atoms with Gasteiger partial charge in [-0.15, -0.1) is 5.10 Å². The Morgan fingerprint density at radius 3 is 2.70 bits per heavy atom. The smallest absolute Gasteiger partial charge is 0.183 e. The van der Waals surface area contributed by atoms with Crippen LogP contribution in [0.15, 0.2) is 48.5 Å². The molecular weight excluding hydrogens is 274 g/mol. The molecule has 0 saturated heterocycles. The first kappa shape index (κ1) is 12.6. The van der Waals surface area contributed by atoms with Crippen molar-refractivity contribution in [1.29, 1.82) is 0 Å². The van der Waals surface area contributed by atoms with Crippen LogP contribution < -0.4 is 5.73 Å². The van der Waals surface area contributed by atoms with Gasteiger partial charge in [0.1, 0.15) is 0 Å². The van der Waals surface area contributed by atoms with Crippen LogP contribution in [0.25, 0.3) is 11.4 Å². The standard InChI is InChI=1S/C14H12ClN5/c15-13-7-6-11(16)8-12(13)14-17-18-19-20(14)9-10-4-2-1-3-5-10/h1-8H,9,16H2. The molecule has 0 aliphatic carbocycles. The molecule has 0 amide bonds. The number of nitrogens with zero attached hydrogens (tertiary/aromatic N) is 4. The van der Waals surface area contributed by atoms with Crippen LogP contribution in [-0.2, 0) is 6.54 Å². The van der Waals surface area contributed by atoms with Crippen molar-refractivity contribution in [3.63, 3.8) is 0 Å². The monoisotopic (exact) mass is 285 g/mol. The molecule has 3 rings (SSSR count). The van der Waals surface area contributed by atoms with Crippen LogP contribution in [0.1, 0.15) is 5.56 Å². The number of aromatic nitrogens is 4. The van der Waals surface area contributed by atoms with Gasteiger partial charge in [0, 0.05) is 11.3 Å². The minimum Gasteiger partial charge on any atom is -0.399 e. The Kier molecular flexibility index (Phi) is 3.35. The third-order valence-electron chi connectivity index (χ3n) is 2.94. The molecule has 0 atom stereocenters. The van der Waals surface area contributed by atoms with E-state index in [2.05, 4.69) is 15.5 Å². The number of nitrogen functional groups attached to an aromatic ring is 1. The summed E-state index contributed by atoms with van der Waals surface area (Å²) in [5.74, 6) is 0.603. The molecule has 5 nitrogen and oxygen atoms in total. The average Bonchev–Trinajstić information content (AvgIpc) is 2.91. The molecule has 1 aromatic heterocycles. The van der Waals surface area contributed by atoms with Gasteiger partial charge >= 0.3 is 0 Å². The Morgan fingerprint density at radius 2 is 1.90 bits per heavy atom. The van der Waals surface area contributed by atoms with Gasteiger partial charge in [-0.05, 0) is 34.2 Å². The van der Waals surface area contributed by atoms with Gasteiger partial charge in [-0.25, -0.2) is 4.68 Å². The van der Waals surface area contributed by atoms with E-state index in [0.29, 0.717) is 23.1 Å². The number of hydrogen-bond acceptors (Lipinski definition) is 4. The normalized spacial score (nSPS) is 10.7. The van der Waals surface area contributed by atoms with Crippen molar-refractivity contribution in [2.75, 3.05) is 5.73 Å². The van der Waals surface area contributed by atoms with Crippen LogP contribution in [0.5, 0.6) is 0 Å². The SMILES string of the molecule is Nc1ccc(Cl)c(-c2nnnn2Cc2ccccc2)c1. The fourth-order valence-electron chi connectivity index (χ4n) is 1.97. The van der Waals surface area contributed by atoms with Gasteiger partial charge < -0.3 is 5.73 Å². The Balaban J connectivity index is 2.00. The lowest BCUT2D eigenvalue weighted by Gasteiger charge is -2.07. The summed E-state index contributed by atoms with van der Waals surface area (Å²) in [6.07, 6.45) is 0. The number of anilines is 1. The lowest BCUT2D eigenvalue weighted by atomic mass is 10.2. The van der Waals surface area contributed by atoms with E-state index in [9.17, 15) is 0 Å². The molecule has 0 aliphatic heterocycles. The highest BCUT2D eigenvalue weighted by atomic mass is 35.5. The zero-order valence-corrected chi connectivity index (χ0v) is 11.3. The first-order chi connectivity index (χ1) is 9.74. The van der Waals surface area contributed by atoms with E-state index in [1.54, 1.807) is 22.9 Å². The summed E-state index contributed by atoms with van der Waals surface area (Å²) in [5, 5.41) is 12.4. The molecule has 0 bridgehead atoms. The highest BCUT2D eigenvalue weighted by molar-refractivity contribution is 6.33. The number of rotatable bonds is 3. The molecule has 2 aromatic carbocycles. The third kappa shape index (κ3) is 2.48. The molecule has 0 unspecified atom stereocenters.